The molecule has 0 N–H and O–H groups in total. The van der Waals surface area contributed by atoms with Crippen molar-refractivity contribution in [1.82, 2.24) is 0 Å². The molecule has 0 radical (unpaired) electrons. The summed E-state index contributed by atoms with van der Waals surface area (Å²) in [6.07, 6.45) is 3.74. The summed E-state index contributed by atoms with van der Waals surface area (Å²) in [4.78, 5) is 0. The normalized spacial score (nSPS) is 25.7. The Bertz CT molecular complexity index is 176. The quantitative estimate of drug-likeness (QED) is 0.548. The molecular formula is C8H14O5S. The third-order valence-electron chi connectivity index (χ3n) is 1.41. The average molecular weight is 222 g/mol. The van der Waals surface area contributed by atoms with Gasteiger partial charge in [-0.15, -0.1) is 0 Å². The van der Waals surface area contributed by atoms with Gasteiger partial charge < -0.3 is 9.47 Å². The molecule has 6 heteroatoms. The summed E-state index contributed by atoms with van der Waals surface area (Å²) in [5, 5.41) is 0. The van der Waals surface area contributed by atoms with E-state index in [1.807, 2.05) is 12.2 Å². The summed E-state index contributed by atoms with van der Waals surface area (Å²) >= 11 is -1.69. The van der Waals surface area contributed by atoms with E-state index in [4.69, 9.17) is 17.8 Å². The lowest BCUT2D eigenvalue weighted by Crippen LogP contribution is -2.11. The van der Waals surface area contributed by atoms with E-state index in [1.165, 1.54) is 0 Å². The summed E-state index contributed by atoms with van der Waals surface area (Å²) in [5.74, 6) is 0. The van der Waals surface area contributed by atoms with Crippen LogP contribution in [0, 0.1) is 0 Å². The molecule has 0 aromatic rings. The molecule has 0 bridgehead atoms. The van der Waals surface area contributed by atoms with Crippen molar-refractivity contribution in [2.24, 2.45) is 0 Å². The lowest BCUT2D eigenvalue weighted by Gasteiger charge is -2.03. The molecule has 0 fully saturated rings. The van der Waals surface area contributed by atoms with Crippen LogP contribution in [0.25, 0.3) is 0 Å². The Labute approximate surface area is 85.8 Å². The van der Waals surface area contributed by atoms with Gasteiger partial charge in [0.2, 0.25) is 0 Å². The first-order valence-corrected chi connectivity index (χ1v) is 5.38. The molecule has 82 valence electrons. The molecule has 1 aliphatic heterocycles. The monoisotopic (exact) mass is 222 g/mol. The molecule has 0 aromatic carbocycles. The lowest BCUT2D eigenvalue weighted by atomic mass is 10.5. The van der Waals surface area contributed by atoms with Gasteiger partial charge in [-0.1, -0.05) is 12.2 Å². The second-order valence-corrected chi connectivity index (χ2v) is 3.35. The summed E-state index contributed by atoms with van der Waals surface area (Å²) < 4.78 is 30.8. The fourth-order valence-electron chi connectivity index (χ4n) is 0.795. The Morgan fingerprint density at radius 3 is 1.86 bits per heavy atom. The van der Waals surface area contributed by atoms with Crippen LogP contribution in [0.2, 0.25) is 0 Å². The van der Waals surface area contributed by atoms with E-state index in [9.17, 15) is 4.21 Å². The van der Waals surface area contributed by atoms with Crippen molar-refractivity contribution < 1.29 is 22.0 Å². The van der Waals surface area contributed by atoms with Gasteiger partial charge in [0.05, 0.1) is 39.6 Å². The molecule has 0 amide bonds. The molecule has 1 rings (SSSR count). The Hall–Kier alpha value is -0.270. The van der Waals surface area contributed by atoms with Crippen molar-refractivity contribution in [3.63, 3.8) is 0 Å². The van der Waals surface area contributed by atoms with Gasteiger partial charge in [-0.25, -0.2) is 0 Å². The van der Waals surface area contributed by atoms with Crippen molar-refractivity contribution in [2.45, 2.75) is 0 Å². The van der Waals surface area contributed by atoms with Crippen molar-refractivity contribution in [3.8, 4) is 0 Å². The van der Waals surface area contributed by atoms with E-state index < -0.39 is 11.4 Å². The predicted molar refractivity (Wildman–Crippen MR) is 50.8 cm³/mol. The topological polar surface area (TPSA) is 54.0 Å². The van der Waals surface area contributed by atoms with E-state index in [1.54, 1.807) is 0 Å². The van der Waals surface area contributed by atoms with Crippen LogP contribution in [-0.4, -0.2) is 43.9 Å². The number of hydrogen-bond donors (Lipinski definition) is 0. The van der Waals surface area contributed by atoms with Crippen LogP contribution in [0.4, 0.5) is 0 Å². The maximum absolute atomic E-state index is 10.9. The van der Waals surface area contributed by atoms with Gasteiger partial charge in [0.1, 0.15) is 0 Å². The summed E-state index contributed by atoms with van der Waals surface area (Å²) in [6.45, 7) is 2.36. The third kappa shape index (κ3) is 6.22. The van der Waals surface area contributed by atoms with Gasteiger partial charge in [-0.05, 0) is 0 Å². The van der Waals surface area contributed by atoms with E-state index in [0.717, 1.165) is 0 Å². The summed E-state index contributed by atoms with van der Waals surface area (Å²) in [7, 11) is 0. The van der Waals surface area contributed by atoms with Crippen molar-refractivity contribution in [2.75, 3.05) is 39.6 Å². The van der Waals surface area contributed by atoms with Gasteiger partial charge in [-0.2, -0.15) is 4.21 Å². The van der Waals surface area contributed by atoms with Crippen LogP contribution < -0.4 is 0 Å². The largest absolute Gasteiger partial charge is 0.375 e. The summed E-state index contributed by atoms with van der Waals surface area (Å²) in [5.41, 5.74) is 0. The standard InChI is InChI=1S/C8H14O5S/c9-14-12-7-5-10-3-1-2-4-11-6-8-13-14/h1-2H,3-8H2/b2-1+. The molecular weight excluding hydrogens is 208 g/mol. The number of ether oxygens (including phenoxy) is 2. The Morgan fingerprint density at radius 1 is 0.857 bits per heavy atom. The predicted octanol–water partition coefficient (Wildman–Crippen LogP) is 0.201. The highest BCUT2D eigenvalue weighted by molar-refractivity contribution is 7.75. The molecule has 14 heavy (non-hydrogen) atoms. The molecule has 0 aliphatic carbocycles. The van der Waals surface area contributed by atoms with Crippen LogP contribution in [0.1, 0.15) is 0 Å². The minimum atomic E-state index is -1.69. The van der Waals surface area contributed by atoms with Crippen LogP contribution >= 0.6 is 0 Å². The summed E-state index contributed by atoms with van der Waals surface area (Å²) in [6, 6.07) is 0. The third-order valence-corrected chi connectivity index (χ3v) is 2.13. The molecule has 0 saturated carbocycles. The minimum absolute atomic E-state index is 0.265. The second kappa shape index (κ2) is 8.07. The fourth-order valence-corrected chi connectivity index (χ4v) is 1.27. The minimum Gasteiger partial charge on any atom is -0.375 e. The first-order chi connectivity index (χ1) is 6.89. The van der Waals surface area contributed by atoms with Gasteiger partial charge in [-0.3, -0.25) is 8.37 Å². The molecule has 0 unspecified atom stereocenters. The zero-order chi connectivity index (χ0) is 10.1. The highest BCUT2D eigenvalue weighted by Gasteiger charge is 2.00. The second-order valence-electron chi connectivity index (χ2n) is 2.47. The SMILES string of the molecule is O=S1OCCOC/C=C/COCCO1. The molecule has 0 atom stereocenters. The van der Waals surface area contributed by atoms with Crippen molar-refractivity contribution >= 4 is 11.4 Å². The van der Waals surface area contributed by atoms with E-state index in [-0.39, 0.29) is 13.2 Å². The van der Waals surface area contributed by atoms with Crippen LogP contribution in [0.15, 0.2) is 12.2 Å². The average Bonchev–Trinajstić information content (AvgIpc) is 2.20. The molecule has 0 spiro atoms. The zero-order valence-corrected chi connectivity index (χ0v) is 8.66. The van der Waals surface area contributed by atoms with Gasteiger partial charge in [0.15, 0.2) is 0 Å². The number of hydrogen-bond acceptors (Lipinski definition) is 5. The van der Waals surface area contributed by atoms with Crippen LogP contribution in [-0.2, 0) is 29.2 Å². The molecule has 1 heterocycles. The maximum Gasteiger partial charge on any atom is 0.304 e. The Kier molecular flexibility index (Phi) is 6.81. The number of rotatable bonds is 0. The van der Waals surface area contributed by atoms with Crippen LogP contribution in [0.5, 0.6) is 0 Å². The van der Waals surface area contributed by atoms with E-state index in [2.05, 4.69) is 0 Å². The smallest absolute Gasteiger partial charge is 0.304 e. The molecule has 1 aliphatic rings. The first-order valence-electron chi connectivity index (χ1n) is 4.38. The first kappa shape index (κ1) is 11.8. The lowest BCUT2D eigenvalue weighted by molar-refractivity contribution is 0.108. The van der Waals surface area contributed by atoms with Gasteiger partial charge in [0.25, 0.3) is 0 Å². The van der Waals surface area contributed by atoms with Crippen molar-refractivity contribution in [1.29, 1.82) is 0 Å². The maximum atomic E-state index is 10.9. The zero-order valence-electron chi connectivity index (χ0n) is 7.85. The Morgan fingerprint density at radius 2 is 1.36 bits per heavy atom. The molecule has 0 saturated heterocycles. The van der Waals surface area contributed by atoms with E-state index in [0.29, 0.717) is 26.4 Å². The van der Waals surface area contributed by atoms with Crippen molar-refractivity contribution in [3.05, 3.63) is 12.2 Å². The van der Waals surface area contributed by atoms with Gasteiger partial charge in [0, 0.05) is 0 Å². The van der Waals surface area contributed by atoms with Crippen LogP contribution in [0.3, 0.4) is 0 Å². The molecule has 0 aromatic heterocycles. The fraction of sp³-hybridized carbons (Fsp3) is 0.750. The highest BCUT2D eigenvalue weighted by Crippen LogP contribution is 1.91. The highest BCUT2D eigenvalue weighted by atomic mass is 32.2. The Balaban J connectivity index is 2.22. The van der Waals surface area contributed by atoms with E-state index >= 15 is 0 Å². The molecule has 5 nitrogen and oxygen atoms in total. The van der Waals surface area contributed by atoms with Gasteiger partial charge >= 0.3 is 11.4 Å².